The maximum absolute atomic E-state index is 13.0. The number of rotatable bonds is 5. The summed E-state index contributed by atoms with van der Waals surface area (Å²) in [7, 11) is 0. The Morgan fingerprint density at radius 2 is 1.91 bits per heavy atom. The van der Waals surface area contributed by atoms with Crippen molar-refractivity contribution in [2.24, 2.45) is 0 Å². The number of unbranched alkanes of at least 4 members (excludes halogenated alkanes) is 1. The van der Waals surface area contributed by atoms with E-state index in [1.807, 2.05) is 40.5 Å². The third kappa shape index (κ3) is 4.80. The topological polar surface area (TPSA) is 49.3 Å². The molecule has 2 aromatic heterocycles. The molecule has 7 heteroatoms. The third-order valence-corrected chi connectivity index (χ3v) is 8.46. The summed E-state index contributed by atoms with van der Waals surface area (Å²) in [5.41, 5.74) is 2.24. The molecule has 5 rings (SSSR count). The molecule has 3 heterocycles. The predicted octanol–water partition coefficient (Wildman–Crippen LogP) is 6.03. The van der Waals surface area contributed by atoms with Crippen molar-refractivity contribution in [3.8, 4) is 0 Å². The molecule has 33 heavy (non-hydrogen) atoms. The Kier molecular flexibility index (Phi) is 6.97. The second kappa shape index (κ2) is 10.1. The van der Waals surface area contributed by atoms with E-state index in [-0.39, 0.29) is 5.91 Å². The van der Waals surface area contributed by atoms with Gasteiger partial charge < -0.3 is 9.80 Å². The number of hydrogen-bond donors (Lipinski definition) is 0. The minimum Gasteiger partial charge on any atom is -0.352 e. The maximum atomic E-state index is 13.0. The van der Waals surface area contributed by atoms with Gasteiger partial charge in [-0.2, -0.15) is 0 Å². The summed E-state index contributed by atoms with van der Waals surface area (Å²) < 4.78 is 0.938. The number of halogens is 1. The number of nitrogens with zero attached hydrogens (tertiary/aromatic N) is 4. The fraction of sp³-hybridized carbons (Fsp3) is 0.500. The van der Waals surface area contributed by atoms with Gasteiger partial charge in [-0.3, -0.25) is 4.79 Å². The number of carbonyl (C=O) groups is 1. The van der Waals surface area contributed by atoms with Crippen LogP contribution in [0.4, 0.5) is 5.82 Å². The van der Waals surface area contributed by atoms with Gasteiger partial charge >= 0.3 is 0 Å². The third-order valence-electron chi connectivity index (χ3n) is 6.78. The number of thiophene rings is 1. The Balaban J connectivity index is 1.43. The number of hydrogen-bond acceptors (Lipinski definition) is 5. The zero-order valence-corrected chi connectivity index (χ0v) is 21.7. The molecule has 2 aliphatic rings. The normalized spacial score (nSPS) is 16.7. The highest BCUT2D eigenvalue weighted by Crippen LogP contribution is 2.39. The summed E-state index contributed by atoms with van der Waals surface area (Å²) in [5.74, 6) is 2.19. The van der Waals surface area contributed by atoms with Gasteiger partial charge in [0, 0.05) is 47.5 Å². The molecule has 1 aliphatic heterocycles. The molecule has 0 N–H and O–H groups in total. The first-order valence-electron chi connectivity index (χ1n) is 12.2. The van der Waals surface area contributed by atoms with Crippen LogP contribution in [0.25, 0.3) is 10.2 Å². The van der Waals surface area contributed by atoms with Gasteiger partial charge in [0.15, 0.2) is 0 Å². The molecule has 0 unspecified atom stereocenters. The van der Waals surface area contributed by atoms with Crippen LogP contribution in [0, 0.1) is 0 Å². The van der Waals surface area contributed by atoms with Crippen LogP contribution in [-0.2, 0) is 19.3 Å². The van der Waals surface area contributed by atoms with Crippen molar-refractivity contribution >= 4 is 49.2 Å². The van der Waals surface area contributed by atoms with Crippen molar-refractivity contribution < 1.29 is 4.79 Å². The molecule has 174 valence electrons. The molecule has 1 saturated heterocycles. The minimum atomic E-state index is 0.108. The van der Waals surface area contributed by atoms with E-state index in [1.165, 1.54) is 46.3 Å². The van der Waals surface area contributed by atoms with Gasteiger partial charge in [0.25, 0.3) is 5.91 Å². The average molecular weight is 528 g/mol. The number of aryl methyl sites for hydroxylation is 3. The molecule has 1 aliphatic carbocycles. The molecule has 3 aromatic rings. The summed E-state index contributed by atoms with van der Waals surface area (Å²) in [6, 6.07) is 7.68. The van der Waals surface area contributed by atoms with Crippen LogP contribution in [0.3, 0.4) is 0 Å². The first-order valence-corrected chi connectivity index (χ1v) is 13.9. The monoisotopic (exact) mass is 526 g/mol. The Morgan fingerprint density at radius 1 is 1.09 bits per heavy atom. The van der Waals surface area contributed by atoms with E-state index < -0.39 is 0 Å². The number of amides is 1. The van der Waals surface area contributed by atoms with E-state index >= 15 is 0 Å². The SMILES string of the molecule is CCCCc1nc(N2CCN(C(=O)c3cccc(Br)c3)CC2)c2c3c(sc2n1)CCCCC3. The van der Waals surface area contributed by atoms with Crippen LogP contribution in [0.2, 0.25) is 0 Å². The lowest BCUT2D eigenvalue weighted by Gasteiger charge is -2.36. The molecular weight excluding hydrogens is 496 g/mol. The van der Waals surface area contributed by atoms with E-state index in [0.29, 0.717) is 13.1 Å². The fourth-order valence-electron chi connectivity index (χ4n) is 4.96. The number of fused-ring (bicyclic) bond motifs is 3. The largest absolute Gasteiger partial charge is 0.352 e. The Morgan fingerprint density at radius 3 is 2.70 bits per heavy atom. The predicted molar refractivity (Wildman–Crippen MR) is 140 cm³/mol. The summed E-state index contributed by atoms with van der Waals surface area (Å²) in [6.45, 7) is 5.27. The van der Waals surface area contributed by atoms with E-state index in [1.54, 1.807) is 0 Å². The molecule has 0 radical (unpaired) electrons. The van der Waals surface area contributed by atoms with E-state index in [2.05, 4.69) is 27.8 Å². The number of aromatic nitrogens is 2. The quantitative estimate of drug-likeness (QED) is 0.381. The lowest BCUT2D eigenvalue weighted by Crippen LogP contribution is -2.49. The van der Waals surface area contributed by atoms with Gasteiger partial charge in [0.1, 0.15) is 16.5 Å². The van der Waals surface area contributed by atoms with Crippen LogP contribution in [0.15, 0.2) is 28.7 Å². The number of anilines is 1. The molecule has 0 spiro atoms. The zero-order chi connectivity index (χ0) is 22.8. The summed E-state index contributed by atoms with van der Waals surface area (Å²) in [4.78, 5) is 30.2. The highest BCUT2D eigenvalue weighted by Gasteiger charge is 2.27. The molecular formula is C26H31BrN4OS. The van der Waals surface area contributed by atoms with E-state index in [9.17, 15) is 4.79 Å². The Labute approximate surface area is 208 Å². The van der Waals surface area contributed by atoms with Gasteiger partial charge in [-0.15, -0.1) is 11.3 Å². The molecule has 0 bridgehead atoms. The maximum Gasteiger partial charge on any atom is 0.254 e. The van der Waals surface area contributed by atoms with Crippen LogP contribution in [0.5, 0.6) is 0 Å². The van der Waals surface area contributed by atoms with Gasteiger partial charge in [-0.1, -0.05) is 41.8 Å². The molecule has 5 nitrogen and oxygen atoms in total. The van der Waals surface area contributed by atoms with Crippen molar-refractivity contribution in [2.45, 2.75) is 58.3 Å². The standard InChI is InChI=1S/C26H31BrN4OS/c1-2-3-12-22-28-24(23-20-10-5-4-6-11-21(20)33-25(23)29-22)30-13-15-31(16-14-30)26(32)18-8-7-9-19(27)17-18/h7-9,17H,2-6,10-16H2,1H3. The summed E-state index contributed by atoms with van der Waals surface area (Å²) in [5, 5.41) is 1.30. The molecule has 1 aromatic carbocycles. The average Bonchev–Trinajstić information content (AvgIpc) is 3.02. The number of benzene rings is 1. The molecule has 0 saturated carbocycles. The molecule has 1 amide bonds. The number of piperazine rings is 1. The summed E-state index contributed by atoms with van der Waals surface area (Å²) in [6.07, 6.45) is 9.36. The Hall–Kier alpha value is -1.99. The van der Waals surface area contributed by atoms with Crippen LogP contribution >= 0.6 is 27.3 Å². The van der Waals surface area contributed by atoms with Gasteiger partial charge in [-0.25, -0.2) is 9.97 Å². The second-order valence-electron chi connectivity index (χ2n) is 9.10. The number of carbonyl (C=O) groups excluding carboxylic acids is 1. The lowest BCUT2D eigenvalue weighted by molar-refractivity contribution is 0.0746. The fourth-order valence-corrected chi connectivity index (χ4v) is 6.63. The smallest absolute Gasteiger partial charge is 0.254 e. The minimum absolute atomic E-state index is 0.108. The Bertz CT molecular complexity index is 1150. The van der Waals surface area contributed by atoms with Crippen molar-refractivity contribution in [3.63, 3.8) is 0 Å². The van der Waals surface area contributed by atoms with Crippen molar-refractivity contribution in [1.82, 2.24) is 14.9 Å². The van der Waals surface area contributed by atoms with Crippen LogP contribution in [-0.4, -0.2) is 47.0 Å². The van der Waals surface area contributed by atoms with E-state index in [4.69, 9.17) is 9.97 Å². The molecule has 0 atom stereocenters. The van der Waals surface area contributed by atoms with Crippen LogP contribution in [0.1, 0.15) is 65.7 Å². The van der Waals surface area contributed by atoms with Crippen LogP contribution < -0.4 is 4.90 Å². The van der Waals surface area contributed by atoms with Crippen molar-refractivity contribution in [1.29, 1.82) is 0 Å². The lowest BCUT2D eigenvalue weighted by atomic mass is 10.1. The first-order chi connectivity index (χ1) is 16.1. The zero-order valence-electron chi connectivity index (χ0n) is 19.3. The van der Waals surface area contributed by atoms with Crippen molar-refractivity contribution in [2.75, 3.05) is 31.1 Å². The second-order valence-corrected chi connectivity index (χ2v) is 11.1. The van der Waals surface area contributed by atoms with E-state index in [0.717, 1.165) is 60.5 Å². The van der Waals surface area contributed by atoms with Crippen molar-refractivity contribution in [3.05, 3.63) is 50.6 Å². The van der Waals surface area contributed by atoms with Gasteiger partial charge in [-0.05, 0) is 55.9 Å². The van der Waals surface area contributed by atoms with Gasteiger partial charge in [0.2, 0.25) is 0 Å². The molecule has 1 fully saturated rings. The summed E-state index contributed by atoms with van der Waals surface area (Å²) >= 11 is 5.38. The first kappa shape index (κ1) is 22.8. The highest BCUT2D eigenvalue weighted by molar-refractivity contribution is 9.10. The van der Waals surface area contributed by atoms with Gasteiger partial charge in [0.05, 0.1) is 5.39 Å². The highest BCUT2D eigenvalue weighted by atomic mass is 79.9.